The highest BCUT2D eigenvalue weighted by Crippen LogP contribution is 2.44. The highest BCUT2D eigenvalue weighted by molar-refractivity contribution is 9.11. The van der Waals surface area contributed by atoms with Crippen molar-refractivity contribution in [2.24, 2.45) is 5.92 Å². The van der Waals surface area contributed by atoms with Gasteiger partial charge in [0, 0.05) is 27.5 Å². The van der Waals surface area contributed by atoms with Crippen molar-refractivity contribution in [3.8, 4) is 0 Å². The Hall–Kier alpha value is -0.390. The van der Waals surface area contributed by atoms with Crippen molar-refractivity contribution < 1.29 is 9.53 Å². The Labute approximate surface area is 129 Å². The number of hydrogen-bond acceptors (Lipinski definition) is 2. The van der Waals surface area contributed by atoms with Crippen LogP contribution in [0.5, 0.6) is 0 Å². The quantitative estimate of drug-likeness (QED) is 0.782. The van der Waals surface area contributed by atoms with Crippen LogP contribution in [0.15, 0.2) is 16.6 Å². The summed E-state index contributed by atoms with van der Waals surface area (Å²) < 4.78 is 6.68. The van der Waals surface area contributed by atoms with Gasteiger partial charge in [-0.05, 0) is 30.5 Å². The minimum atomic E-state index is 0.0720. The molecule has 1 aromatic carbocycles. The zero-order valence-corrected chi connectivity index (χ0v) is 13.8. The second kappa shape index (κ2) is 5.19. The first kappa shape index (κ1) is 13.6. The summed E-state index contributed by atoms with van der Waals surface area (Å²) in [6, 6.07) is 4.13. The number of fused-ring (bicyclic) bond motifs is 1. The summed E-state index contributed by atoms with van der Waals surface area (Å²) in [5.74, 6) is 0.544. The fourth-order valence-corrected chi connectivity index (χ4v) is 4.81. The third-order valence-corrected chi connectivity index (χ3v) is 5.81. The van der Waals surface area contributed by atoms with Gasteiger partial charge in [0.05, 0.1) is 12.5 Å². The van der Waals surface area contributed by atoms with Crippen molar-refractivity contribution in [1.29, 1.82) is 0 Å². The van der Waals surface area contributed by atoms with Crippen molar-refractivity contribution >= 4 is 43.5 Å². The Bertz CT molecular complexity index is 532. The largest absolute Gasteiger partial charge is 0.378 e. The molecule has 0 spiro atoms. The number of ether oxygens (including phenoxy) is 1. The van der Waals surface area contributed by atoms with Crippen LogP contribution in [0.2, 0.25) is 0 Å². The van der Waals surface area contributed by atoms with Crippen molar-refractivity contribution in [1.82, 2.24) is 0 Å². The molecule has 1 fully saturated rings. The van der Waals surface area contributed by atoms with E-state index in [-0.39, 0.29) is 16.8 Å². The van der Waals surface area contributed by atoms with E-state index < -0.39 is 0 Å². The molecule has 0 saturated carbocycles. The summed E-state index contributed by atoms with van der Waals surface area (Å²) in [4.78, 5) is 11.7. The van der Waals surface area contributed by atoms with Gasteiger partial charge in [0.25, 0.3) is 0 Å². The van der Waals surface area contributed by atoms with E-state index in [1.165, 1.54) is 5.56 Å². The van der Waals surface area contributed by atoms with E-state index >= 15 is 0 Å². The van der Waals surface area contributed by atoms with Crippen molar-refractivity contribution in [3.63, 3.8) is 0 Å². The first-order valence-electron chi connectivity index (χ1n) is 6.44. The highest BCUT2D eigenvalue weighted by atomic mass is 79.9. The maximum absolute atomic E-state index is 11.4. The number of alkyl halides is 1. The van der Waals surface area contributed by atoms with Crippen LogP contribution in [0.1, 0.15) is 29.3 Å². The first-order valence-corrected chi connectivity index (χ1v) is 8.15. The standard InChI is InChI=1S/C14H15Br2NO2/c1-7-9(2-3-19-7)14(16)10-4-8-5-13(18)17-12(8)6-11(10)15/h4,6-7,9,14H,2-3,5H2,1H3,(H,17,18). The fraction of sp³-hybridized carbons (Fsp3) is 0.500. The fourth-order valence-electron chi connectivity index (χ4n) is 2.84. The van der Waals surface area contributed by atoms with Crippen LogP contribution in [-0.2, 0) is 16.0 Å². The summed E-state index contributed by atoms with van der Waals surface area (Å²) in [7, 11) is 0. The Kier molecular flexibility index (Phi) is 3.71. The van der Waals surface area contributed by atoms with Crippen LogP contribution in [0.25, 0.3) is 0 Å². The molecule has 3 atom stereocenters. The Morgan fingerprint density at radius 3 is 2.95 bits per heavy atom. The molecule has 2 aliphatic rings. The number of halogens is 2. The van der Waals surface area contributed by atoms with Gasteiger partial charge >= 0.3 is 0 Å². The molecule has 1 saturated heterocycles. The van der Waals surface area contributed by atoms with Crippen molar-refractivity contribution in [2.45, 2.75) is 30.7 Å². The third-order valence-electron chi connectivity index (χ3n) is 3.96. The number of carbonyl (C=O) groups excluding carboxylic acids is 1. The molecule has 0 bridgehead atoms. The number of rotatable bonds is 2. The van der Waals surface area contributed by atoms with Crippen LogP contribution in [0.4, 0.5) is 5.69 Å². The maximum Gasteiger partial charge on any atom is 0.228 e. The summed E-state index contributed by atoms with van der Waals surface area (Å²) in [6.07, 6.45) is 1.81. The highest BCUT2D eigenvalue weighted by Gasteiger charge is 2.33. The van der Waals surface area contributed by atoms with Gasteiger partial charge in [-0.15, -0.1) is 0 Å². The number of anilines is 1. The number of carbonyl (C=O) groups is 1. The average molecular weight is 389 g/mol. The topological polar surface area (TPSA) is 38.3 Å². The lowest BCUT2D eigenvalue weighted by molar-refractivity contribution is -0.115. The van der Waals surface area contributed by atoms with E-state index in [1.807, 2.05) is 6.07 Å². The summed E-state index contributed by atoms with van der Waals surface area (Å²) in [5.41, 5.74) is 3.22. The predicted molar refractivity (Wildman–Crippen MR) is 81.7 cm³/mol. The molecule has 1 aromatic rings. The lowest BCUT2D eigenvalue weighted by Gasteiger charge is -2.22. The second-order valence-electron chi connectivity index (χ2n) is 5.19. The van der Waals surface area contributed by atoms with Crippen molar-refractivity contribution in [2.75, 3.05) is 11.9 Å². The molecule has 2 aliphatic heterocycles. The molecule has 2 heterocycles. The van der Waals surface area contributed by atoms with Crippen molar-refractivity contribution in [3.05, 3.63) is 27.7 Å². The number of amides is 1. The molecule has 0 radical (unpaired) electrons. The van der Waals surface area contributed by atoms with Gasteiger partial charge in [-0.2, -0.15) is 0 Å². The molecule has 102 valence electrons. The minimum Gasteiger partial charge on any atom is -0.378 e. The van der Waals surface area contributed by atoms with Gasteiger partial charge in [-0.1, -0.05) is 37.9 Å². The van der Waals surface area contributed by atoms with Gasteiger partial charge in [0.2, 0.25) is 5.91 Å². The number of nitrogens with one attached hydrogen (secondary N) is 1. The molecule has 0 aliphatic carbocycles. The molecule has 0 aromatic heterocycles. The molecular weight excluding hydrogens is 374 g/mol. The predicted octanol–water partition coefficient (Wildman–Crippen LogP) is 3.80. The Balaban J connectivity index is 1.93. The summed E-state index contributed by atoms with van der Waals surface area (Å²) in [5, 5.41) is 2.87. The van der Waals surface area contributed by atoms with E-state index in [1.54, 1.807) is 0 Å². The molecule has 3 nitrogen and oxygen atoms in total. The van der Waals surface area contributed by atoms with E-state index in [4.69, 9.17) is 4.74 Å². The van der Waals surface area contributed by atoms with Crippen LogP contribution < -0.4 is 5.32 Å². The lowest BCUT2D eigenvalue weighted by Crippen LogP contribution is -2.16. The van der Waals surface area contributed by atoms with E-state index in [2.05, 4.69) is 50.2 Å². The smallest absolute Gasteiger partial charge is 0.228 e. The molecule has 1 N–H and O–H groups in total. The summed E-state index contributed by atoms with van der Waals surface area (Å²) >= 11 is 7.43. The average Bonchev–Trinajstić information content (AvgIpc) is 2.92. The second-order valence-corrected chi connectivity index (χ2v) is 7.03. The van der Waals surface area contributed by atoms with Gasteiger partial charge in [0.15, 0.2) is 0 Å². The van der Waals surface area contributed by atoms with Gasteiger partial charge in [-0.3, -0.25) is 4.79 Å². The number of hydrogen-bond donors (Lipinski definition) is 1. The van der Waals surface area contributed by atoms with Crippen LogP contribution in [0.3, 0.4) is 0 Å². The third kappa shape index (κ3) is 2.48. The number of benzene rings is 1. The normalized spacial score (nSPS) is 27.2. The summed E-state index contributed by atoms with van der Waals surface area (Å²) in [6.45, 7) is 2.95. The maximum atomic E-state index is 11.4. The Morgan fingerprint density at radius 2 is 2.26 bits per heavy atom. The zero-order chi connectivity index (χ0) is 13.6. The van der Waals surface area contributed by atoms with Crippen LogP contribution in [-0.4, -0.2) is 18.6 Å². The van der Waals surface area contributed by atoms with E-state index in [9.17, 15) is 4.79 Å². The first-order chi connectivity index (χ1) is 9.06. The van der Waals surface area contributed by atoms with Crippen LogP contribution >= 0.6 is 31.9 Å². The van der Waals surface area contributed by atoms with E-state index in [0.717, 1.165) is 28.8 Å². The lowest BCUT2D eigenvalue weighted by atomic mass is 9.92. The monoisotopic (exact) mass is 387 g/mol. The van der Waals surface area contributed by atoms with Crippen LogP contribution in [0, 0.1) is 5.92 Å². The van der Waals surface area contributed by atoms with Gasteiger partial charge < -0.3 is 10.1 Å². The zero-order valence-electron chi connectivity index (χ0n) is 10.6. The van der Waals surface area contributed by atoms with Gasteiger partial charge in [0.1, 0.15) is 0 Å². The molecule has 3 rings (SSSR count). The molecular formula is C14H15Br2NO2. The SMILES string of the molecule is CC1OCCC1C(Br)c1cc2c(cc1Br)NC(=O)C2. The molecule has 3 unspecified atom stereocenters. The molecule has 1 amide bonds. The van der Waals surface area contributed by atoms with E-state index in [0.29, 0.717) is 12.3 Å². The van der Waals surface area contributed by atoms with Gasteiger partial charge in [-0.25, -0.2) is 0 Å². The molecule has 5 heteroatoms. The Morgan fingerprint density at radius 1 is 1.47 bits per heavy atom. The molecule has 19 heavy (non-hydrogen) atoms. The minimum absolute atomic E-state index is 0.0720.